The first-order valence-corrected chi connectivity index (χ1v) is 13.4. The van der Waals surface area contributed by atoms with Crippen LogP contribution in [0.1, 0.15) is 93.4 Å². The third-order valence-corrected chi connectivity index (χ3v) is 7.74. The summed E-state index contributed by atoms with van der Waals surface area (Å²) in [6, 6.07) is 6.86. The quantitative estimate of drug-likeness (QED) is 0.497. The Labute approximate surface area is 211 Å². The number of ether oxygens (including phenoxy) is 1. The number of carbonyl (C=O) groups excluding carboxylic acids is 2. The second-order valence-corrected chi connectivity index (χ2v) is 11.6. The van der Waals surface area contributed by atoms with Gasteiger partial charge in [-0.2, -0.15) is 14.9 Å². The fourth-order valence-corrected chi connectivity index (χ4v) is 5.94. The molecule has 2 aromatic heterocycles. The van der Waals surface area contributed by atoms with Gasteiger partial charge in [0.2, 0.25) is 0 Å². The SMILES string of the molecule is CC(C)(C)OC(=O)n1cc2c(n1)CCC(N(C(=O)c1cccc3c1cnn3C1CCCC1)C1CC1)C2. The summed E-state index contributed by atoms with van der Waals surface area (Å²) in [6.07, 6.45) is 12.4. The second-order valence-electron chi connectivity index (χ2n) is 11.6. The number of fused-ring (bicyclic) bond motifs is 2. The fourth-order valence-electron chi connectivity index (χ4n) is 5.94. The highest BCUT2D eigenvalue weighted by molar-refractivity contribution is 6.06. The first kappa shape index (κ1) is 23.3. The average molecular weight is 490 g/mol. The van der Waals surface area contributed by atoms with Gasteiger partial charge in [0.25, 0.3) is 5.91 Å². The molecule has 3 aromatic rings. The molecule has 36 heavy (non-hydrogen) atoms. The Morgan fingerprint density at radius 1 is 1.06 bits per heavy atom. The Kier molecular flexibility index (Phi) is 5.65. The molecule has 1 unspecified atom stereocenters. The van der Waals surface area contributed by atoms with E-state index in [-0.39, 0.29) is 18.0 Å². The van der Waals surface area contributed by atoms with Crippen LogP contribution in [0.15, 0.2) is 30.6 Å². The third kappa shape index (κ3) is 4.31. The number of hydrogen-bond donors (Lipinski definition) is 0. The predicted octanol–water partition coefficient (Wildman–Crippen LogP) is 5.29. The van der Waals surface area contributed by atoms with Gasteiger partial charge in [-0.15, -0.1) is 0 Å². The van der Waals surface area contributed by atoms with Crippen molar-refractivity contribution >= 4 is 22.9 Å². The second kappa shape index (κ2) is 8.75. The molecule has 0 N–H and O–H groups in total. The van der Waals surface area contributed by atoms with E-state index < -0.39 is 11.7 Å². The van der Waals surface area contributed by atoms with E-state index in [2.05, 4.69) is 20.7 Å². The Bertz CT molecular complexity index is 1310. The van der Waals surface area contributed by atoms with Crippen molar-refractivity contribution in [3.8, 4) is 0 Å². The number of carbonyl (C=O) groups is 2. The highest BCUT2D eigenvalue weighted by atomic mass is 16.6. The van der Waals surface area contributed by atoms with Gasteiger partial charge in [-0.1, -0.05) is 18.9 Å². The zero-order valence-electron chi connectivity index (χ0n) is 21.4. The van der Waals surface area contributed by atoms with E-state index in [0.717, 1.165) is 66.2 Å². The van der Waals surface area contributed by atoms with E-state index in [1.807, 2.05) is 39.1 Å². The summed E-state index contributed by atoms with van der Waals surface area (Å²) in [4.78, 5) is 28.7. The molecule has 2 fully saturated rings. The van der Waals surface area contributed by atoms with Gasteiger partial charge in [-0.25, -0.2) is 4.79 Å². The number of aryl methyl sites for hydroxylation is 1. The van der Waals surface area contributed by atoms with Crippen LogP contribution in [-0.4, -0.2) is 54.1 Å². The Morgan fingerprint density at radius 3 is 2.56 bits per heavy atom. The molecule has 1 atom stereocenters. The molecule has 3 aliphatic rings. The predicted molar refractivity (Wildman–Crippen MR) is 136 cm³/mol. The molecule has 0 saturated heterocycles. The van der Waals surface area contributed by atoms with Crippen LogP contribution >= 0.6 is 0 Å². The monoisotopic (exact) mass is 489 g/mol. The van der Waals surface area contributed by atoms with E-state index in [4.69, 9.17) is 9.84 Å². The van der Waals surface area contributed by atoms with Crippen molar-refractivity contribution in [3.05, 3.63) is 47.4 Å². The average Bonchev–Trinajstić information content (AvgIpc) is 3.23. The molecule has 8 nitrogen and oxygen atoms in total. The molecular formula is C28H35N5O3. The summed E-state index contributed by atoms with van der Waals surface area (Å²) in [5.74, 6) is 0.0991. The number of benzene rings is 1. The first-order valence-electron chi connectivity index (χ1n) is 13.4. The van der Waals surface area contributed by atoms with Gasteiger partial charge in [0.05, 0.1) is 29.0 Å². The van der Waals surface area contributed by atoms with Crippen LogP contribution < -0.4 is 0 Å². The molecule has 8 heteroatoms. The number of nitrogens with zero attached hydrogens (tertiary/aromatic N) is 5. The lowest BCUT2D eigenvalue weighted by Crippen LogP contribution is -2.44. The molecule has 6 rings (SSSR count). The van der Waals surface area contributed by atoms with Gasteiger partial charge in [-0.05, 0) is 83.4 Å². The van der Waals surface area contributed by atoms with Crippen molar-refractivity contribution in [2.24, 2.45) is 0 Å². The lowest BCUT2D eigenvalue weighted by atomic mass is 9.91. The lowest BCUT2D eigenvalue weighted by Gasteiger charge is -2.34. The van der Waals surface area contributed by atoms with E-state index in [1.165, 1.54) is 17.5 Å². The van der Waals surface area contributed by atoms with Crippen LogP contribution in [0.4, 0.5) is 4.79 Å². The molecule has 1 amide bonds. The van der Waals surface area contributed by atoms with Gasteiger partial charge >= 0.3 is 6.09 Å². The third-order valence-electron chi connectivity index (χ3n) is 7.74. The minimum atomic E-state index is -0.576. The summed E-state index contributed by atoms with van der Waals surface area (Å²) >= 11 is 0. The number of amides is 1. The zero-order valence-corrected chi connectivity index (χ0v) is 21.4. The molecule has 0 bridgehead atoms. The van der Waals surface area contributed by atoms with Crippen LogP contribution in [0, 0.1) is 0 Å². The largest absolute Gasteiger partial charge is 0.442 e. The summed E-state index contributed by atoms with van der Waals surface area (Å²) in [5.41, 5.74) is 3.20. The molecule has 2 heterocycles. The molecule has 0 spiro atoms. The van der Waals surface area contributed by atoms with Crippen LogP contribution in [0.2, 0.25) is 0 Å². The van der Waals surface area contributed by atoms with Crippen LogP contribution in [0.3, 0.4) is 0 Å². The van der Waals surface area contributed by atoms with Crippen LogP contribution in [0.25, 0.3) is 10.9 Å². The van der Waals surface area contributed by atoms with E-state index in [1.54, 1.807) is 6.20 Å². The molecule has 190 valence electrons. The summed E-state index contributed by atoms with van der Waals surface area (Å²) < 4.78 is 8.95. The van der Waals surface area contributed by atoms with Gasteiger partial charge in [0.15, 0.2) is 0 Å². The van der Waals surface area contributed by atoms with Crippen molar-refractivity contribution in [1.82, 2.24) is 24.5 Å². The van der Waals surface area contributed by atoms with Gasteiger partial charge in [-0.3, -0.25) is 9.48 Å². The number of rotatable bonds is 4. The maximum Gasteiger partial charge on any atom is 0.435 e. The summed E-state index contributed by atoms with van der Waals surface area (Å²) in [6.45, 7) is 5.55. The van der Waals surface area contributed by atoms with Gasteiger partial charge < -0.3 is 9.64 Å². The number of hydrogen-bond acceptors (Lipinski definition) is 5. The van der Waals surface area contributed by atoms with Gasteiger partial charge in [0, 0.05) is 23.7 Å². The maximum atomic E-state index is 14.0. The molecule has 1 aromatic carbocycles. The van der Waals surface area contributed by atoms with Crippen molar-refractivity contribution in [1.29, 1.82) is 0 Å². The molecule has 2 saturated carbocycles. The summed E-state index contributed by atoms with van der Waals surface area (Å²) in [7, 11) is 0. The van der Waals surface area contributed by atoms with Crippen molar-refractivity contribution in [3.63, 3.8) is 0 Å². The van der Waals surface area contributed by atoms with Crippen molar-refractivity contribution in [2.75, 3.05) is 0 Å². The van der Waals surface area contributed by atoms with E-state index in [0.29, 0.717) is 12.5 Å². The molecular weight excluding hydrogens is 454 g/mol. The zero-order chi connectivity index (χ0) is 25.0. The van der Waals surface area contributed by atoms with Crippen molar-refractivity contribution in [2.45, 2.75) is 102 Å². The highest BCUT2D eigenvalue weighted by Gasteiger charge is 2.40. The Hall–Kier alpha value is -3.16. The highest BCUT2D eigenvalue weighted by Crippen LogP contribution is 2.37. The standard InChI is InChI=1S/C28H35N5O3/c1-28(2,3)36-27(35)31-17-18-15-21(13-14-24(18)30-31)32(19-11-12-19)26(34)22-9-6-10-25-23(22)16-29-33(25)20-7-4-5-8-20/h6,9-10,16-17,19-21H,4-5,7-8,11-15H2,1-3H3. The molecule has 0 aliphatic heterocycles. The van der Waals surface area contributed by atoms with Crippen LogP contribution in [0.5, 0.6) is 0 Å². The maximum absolute atomic E-state index is 14.0. The topological polar surface area (TPSA) is 82.2 Å². The van der Waals surface area contributed by atoms with Crippen LogP contribution in [-0.2, 0) is 17.6 Å². The van der Waals surface area contributed by atoms with E-state index >= 15 is 0 Å². The lowest BCUT2D eigenvalue weighted by molar-refractivity contribution is 0.0513. The fraction of sp³-hybridized carbons (Fsp3) is 0.571. The van der Waals surface area contributed by atoms with Gasteiger partial charge in [0.1, 0.15) is 5.60 Å². The smallest absolute Gasteiger partial charge is 0.435 e. The Morgan fingerprint density at radius 2 is 1.83 bits per heavy atom. The Balaban J connectivity index is 1.26. The minimum Gasteiger partial charge on any atom is -0.442 e. The molecule has 0 radical (unpaired) electrons. The minimum absolute atomic E-state index is 0.0916. The molecule has 3 aliphatic carbocycles. The first-order chi connectivity index (χ1) is 17.3. The van der Waals surface area contributed by atoms with Crippen molar-refractivity contribution < 1.29 is 14.3 Å². The normalized spacial score (nSPS) is 20.5. The van der Waals surface area contributed by atoms with E-state index in [9.17, 15) is 9.59 Å². The number of aromatic nitrogens is 4. The summed E-state index contributed by atoms with van der Waals surface area (Å²) in [5, 5.41) is 10.2.